The van der Waals surface area contributed by atoms with Crippen LogP contribution in [0.25, 0.3) is 0 Å². The highest BCUT2D eigenvalue weighted by atomic mass is 16.6. The van der Waals surface area contributed by atoms with E-state index in [0.717, 1.165) is 24.2 Å². The molecule has 3 aliphatic rings. The maximum Gasteiger partial charge on any atom is 0.324 e. The number of likely N-dealkylation sites (N-methyl/N-ethyl adjacent to an activating group) is 2. The van der Waals surface area contributed by atoms with E-state index in [0.29, 0.717) is 12.1 Å². The fourth-order valence-corrected chi connectivity index (χ4v) is 7.46. The van der Waals surface area contributed by atoms with Crippen LogP contribution in [-0.4, -0.2) is 81.2 Å². The predicted molar refractivity (Wildman–Crippen MR) is 143 cm³/mol. The Balaban J connectivity index is 0.000000223. The lowest BCUT2D eigenvalue weighted by Crippen LogP contribution is -2.79. The van der Waals surface area contributed by atoms with Crippen LogP contribution in [0.1, 0.15) is 77.0 Å². The molecular formula is C26H43N5O7+2. The van der Waals surface area contributed by atoms with Gasteiger partial charge in [-0.1, -0.05) is 25.7 Å². The highest BCUT2D eigenvalue weighted by Crippen LogP contribution is 2.44. The zero-order valence-electron chi connectivity index (χ0n) is 23.1. The molecule has 2 saturated carbocycles. The number of fused-ring (bicyclic) bond motifs is 2. The smallest absolute Gasteiger partial charge is 0.324 e. The van der Waals surface area contributed by atoms with Crippen molar-refractivity contribution in [2.24, 2.45) is 0 Å². The summed E-state index contributed by atoms with van der Waals surface area (Å²) in [6.07, 6.45) is 17.7. The van der Waals surface area contributed by atoms with Gasteiger partial charge in [-0.15, -0.1) is 0 Å². The molecule has 1 N–H and O–H groups in total. The van der Waals surface area contributed by atoms with Gasteiger partial charge in [0.2, 0.25) is 0 Å². The molecule has 4 unspecified atom stereocenters. The summed E-state index contributed by atoms with van der Waals surface area (Å²) in [5, 5.41) is 40.2. The van der Waals surface area contributed by atoms with Crippen molar-refractivity contribution in [2.45, 2.75) is 101 Å². The van der Waals surface area contributed by atoms with E-state index in [1.807, 2.05) is 0 Å². The Morgan fingerprint density at radius 2 is 0.895 bits per heavy atom. The van der Waals surface area contributed by atoms with Crippen LogP contribution in [0.4, 0.5) is 17.1 Å². The van der Waals surface area contributed by atoms with Crippen LogP contribution >= 0.6 is 0 Å². The molecule has 3 fully saturated rings. The number of hydrogen-bond donors (Lipinski definition) is 1. The van der Waals surface area contributed by atoms with Gasteiger partial charge < -0.3 is 14.1 Å². The lowest BCUT2D eigenvalue weighted by Gasteiger charge is -2.62. The average molecular weight is 538 g/mol. The van der Waals surface area contributed by atoms with Gasteiger partial charge in [-0.05, 0) is 25.7 Å². The van der Waals surface area contributed by atoms with Crippen molar-refractivity contribution in [3.8, 4) is 5.75 Å². The summed E-state index contributed by atoms with van der Waals surface area (Å²) in [7, 11) is 10.4. The van der Waals surface area contributed by atoms with Gasteiger partial charge in [-0.2, -0.15) is 0 Å². The number of phenols is 1. The Labute approximate surface area is 223 Å². The SMILES string of the molecule is C[N+]1(C)C2CCCCCCC2[N+](C)(C)C2CCCCCCC21.O=[N+]([O-])c1cc([N+](=O)[O-])c(O)c([N+](=O)[O-])c1. The molecule has 2 aliphatic carbocycles. The molecule has 0 amide bonds. The minimum Gasteiger partial charge on any atom is -0.497 e. The van der Waals surface area contributed by atoms with Crippen molar-refractivity contribution in [1.82, 2.24) is 0 Å². The van der Waals surface area contributed by atoms with Gasteiger partial charge >= 0.3 is 11.4 Å². The van der Waals surface area contributed by atoms with Gasteiger partial charge in [0, 0.05) is 25.7 Å². The van der Waals surface area contributed by atoms with Crippen LogP contribution in [0.15, 0.2) is 12.1 Å². The quantitative estimate of drug-likeness (QED) is 0.306. The summed E-state index contributed by atoms with van der Waals surface area (Å²) in [6, 6.07) is 4.49. The van der Waals surface area contributed by atoms with E-state index >= 15 is 0 Å². The van der Waals surface area contributed by atoms with E-state index in [9.17, 15) is 30.3 Å². The summed E-state index contributed by atoms with van der Waals surface area (Å²) in [5.74, 6) is -1.21. The maximum absolute atomic E-state index is 10.4. The third-order valence-electron chi connectivity index (χ3n) is 9.47. The lowest BCUT2D eigenvalue weighted by atomic mass is 9.77. The summed E-state index contributed by atoms with van der Waals surface area (Å²) < 4.78 is 2.66. The van der Waals surface area contributed by atoms with Crippen LogP contribution in [0.5, 0.6) is 5.75 Å². The number of non-ortho nitro benzene ring substituents is 1. The van der Waals surface area contributed by atoms with Gasteiger partial charge in [-0.25, -0.2) is 0 Å². The molecule has 12 nitrogen and oxygen atoms in total. The van der Waals surface area contributed by atoms with E-state index in [1.165, 1.54) is 86.0 Å². The van der Waals surface area contributed by atoms with E-state index in [2.05, 4.69) is 28.2 Å². The van der Waals surface area contributed by atoms with Crippen molar-refractivity contribution in [3.63, 3.8) is 0 Å². The Morgan fingerprint density at radius 3 is 1.13 bits per heavy atom. The van der Waals surface area contributed by atoms with E-state index < -0.39 is 37.6 Å². The normalized spacial score (nSPS) is 28.4. The first-order chi connectivity index (χ1) is 17.8. The van der Waals surface area contributed by atoms with Gasteiger partial charge in [0.05, 0.1) is 55.1 Å². The van der Waals surface area contributed by atoms with Gasteiger partial charge in [0.1, 0.15) is 24.2 Å². The molecular weight excluding hydrogens is 494 g/mol. The number of aromatic hydroxyl groups is 1. The average Bonchev–Trinajstić information content (AvgIpc) is 2.77. The van der Waals surface area contributed by atoms with Gasteiger partial charge in [-0.3, -0.25) is 30.3 Å². The first-order valence-electron chi connectivity index (χ1n) is 13.8. The first kappa shape index (κ1) is 29.7. The summed E-state index contributed by atoms with van der Waals surface area (Å²) in [6.45, 7) is 0. The minimum absolute atomic E-state index is 0.447. The molecule has 0 bridgehead atoms. The molecule has 0 spiro atoms. The third-order valence-corrected chi connectivity index (χ3v) is 9.47. The highest BCUT2D eigenvalue weighted by molar-refractivity contribution is 5.64. The van der Waals surface area contributed by atoms with Crippen molar-refractivity contribution in [1.29, 1.82) is 0 Å². The molecule has 1 aromatic carbocycles. The summed E-state index contributed by atoms with van der Waals surface area (Å²) >= 11 is 0. The van der Waals surface area contributed by atoms with Crippen LogP contribution in [0.3, 0.4) is 0 Å². The van der Waals surface area contributed by atoms with Gasteiger partial charge in [0.15, 0.2) is 0 Å². The number of hydrogen-bond acceptors (Lipinski definition) is 7. The third kappa shape index (κ3) is 6.06. The number of piperazine rings is 1. The topological polar surface area (TPSA) is 150 Å². The van der Waals surface area contributed by atoms with E-state index in [-0.39, 0.29) is 0 Å². The molecule has 212 valence electrons. The molecule has 4 atom stereocenters. The number of rotatable bonds is 3. The Hall–Kier alpha value is -2.86. The van der Waals surface area contributed by atoms with Crippen LogP contribution in [0, 0.1) is 30.3 Å². The Bertz CT molecular complexity index is 942. The van der Waals surface area contributed by atoms with Crippen molar-refractivity contribution in [3.05, 3.63) is 42.5 Å². The number of nitrogens with zero attached hydrogens (tertiary/aromatic N) is 5. The van der Waals surface area contributed by atoms with Crippen LogP contribution in [-0.2, 0) is 0 Å². The van der Waals surface area contributed by atoms with Crippen molar-refractivity contribution >= 4 is 17.1 Å². The summed E-state index contributed by atoms with van der Waals surface area (Å²) in [5.41, 5.74) is -3.00. The van der Waals surface area contributed by atoms with Crippen molar-refractivity contribution in [2.75, 3.05) is 28.2 Å². The Morgan fingerprint density at radius 1 is 0.605 bits per heavy atom. The Kier molecular flexibility index (Phi) is 9.30. The number of phenolic OH excluding ortho intramolecular Hbond substituents is 1. The van der Waals surface area contributed by atoms with Crippen LogP contribution in [0.2, 0.25) is 0 Å². The van der Waals surface area contributed by atoms with Crippen molar-refractivity contribution < 1.29 is 28.8 Å². The maximum atomic E-state index is 10.4. The molecule has 1 saturated heterocycles. The standard InChI is InChI=1S/C20H40N2.C6H3N3O7/c1-21(2)17-13-9-5-7-11-15-19(17)22(3,4)20-16-12-8-6-10-14-18(20)21;10-6-4(8(13)14)1-3(7(11)12)2-5(6)9(15)16/h17-20H,5-16H2,1-4H3;1-2,10H/q+2;. The highest BCUT2D eigenvalue weighted by Gasteiger charge is 2.59. The zero-order valence-corrected chi connectivity index (χ0v) is 23.1. The van der Waals surface area contributed by atoms with E-state index in [1.54, 1.807) is 0 Å². The molecule has 1 aromatic rings. The second-order valence-electron chi connectivity index (χ2n) is 12.1. The minimum atomic E-state index is -1.21. The van der Waals surface area contributed by atoms with Gasteiger partial charge in [0.25, 0.3) is 11.4 Å². The molecule has 12 heteroatoms. The second-order valence-corrected chi connectivity index (χ2v) is 12.1. The number of nitro groups is 3. The fourth-order valence-electron chi connectivity index (χ4n) is 7.46. The lowest BCUT2D eigenvalue weighted by molar-refractivity contribution is -1.07. The van der Waals surface area contributed by atoms with Crippen LogP contribution < -0.4 is 0 Å². The molecule has 38 heavy (non-hydrogen) atoms. The largest absolute Gasteiger partial charge is 0.497 e. The molecule has 0 aromatic heterocycles. The van der Waals surface area contributed by atoms with E-state index in [4.69, 9.17) is 5.11 Å². The predicted octanol–water partition coefficient (Wildman–Crippen LogP) is 5.45. The summed E-state index contributed by atoms with van der Waals surface area (Å²) in [4.78, 5) is 27.8. The molecule has 1 aliphatic heterocycles. The molecule has 4 rings (SSSR count). The molecule has 0 radical (unpaired) electrons. The molecule has 1 heterocycles. The second kappa shape index (κ2) is 11.9. The zero-order chi connectivity index (χ0) is 28.3. The fraction of sp³-hybridized carbons (Fsp3) is 0.769. The first-order valence-corrected chi connectivity index (χ1v) is 13.8. The number of nitro benzene ring substituents is 3. The monoisotopic (exact) mass is 537 g/mol. The number of quaternary nitrogens is 2. The number of benzene rings is 1.